The predicted octanol–water partition coefficient (Wildman–Crippen LogP) is 1.74. The molecule has 0 bridgehead atoms. The van der Waals surface area contributed by atoms with Gasteiger partial charge in [-0.25, -0.2) is 0 Å². The van der Waals surface area contributed by atoms with Crippen LogP contribution in [0.4, 0.5) is 0 Å². The maximum Gasteiger partial charge on any atom is 0.325 e. The normalized spacial score (nSPS) is 41.8. The summed E-state index contributed by atoms with van der Waals surface area (Å²) in [5, 5.41) is 0. The van der Waals surface area contributed by atoms with Gasteiger partial charge in [-0.2, -0.15) is 0 Å². The van der Waals surface area contributed by atoms with Crippen molar-refractivity contribution in [1.82, 2.24) is 0 Å². The average molecular weight is 343 g/mol. The van der Waals surface area contributed by atoms with E-state index in [1.54, 1.807) is 33.8 Å². The quantitative estimate of drug-likeness (QED) is 0.536. The van der Waals surface area contributed by atoms with Crippen molar-refractivity contribution in [3.05, 3.63) is 10.6 Å². The van der Waals surface area contributed by atoms with Crippen LogP contribution in [0.15, 0.2) is 10.6 Å². The molecular formula is C14H15BrO5. The van der Waals surface area contributed by atoms with E-state index >= 15 is 0 Å². The van der Waals surface area contributed by atoms with E-state index in [-0.39, 0.29) is 5.78 Å². The van der Waals surface area contributed by atoms with Crippen molar-refractivity contribution >= 4 is 33.7 Å². The molecule has 0 N–H and O–H groups in total. The summed E-state index contributed by atoms with van der Waals surface area (Å²) in [4.78, 5) is 36.9. The molecule has 1 saturated heterocycles. The minimum atomic E-state index is -1.45. The number of allylic oxidation sites excluding steroid dienone is 1. The smallest absolute Gasteiger partial charge is 0.325 e. The number of carbonyl (C=O) groups excluding carboxylic acids is 3. The number of ether oxygens (including phenoxy) is 2. The van der Waals surface area contributed by atoms with Crippen LogP contribution in [-0.2, 0) is 23.9 Å². The van der Waals surface area contributed by atoms with E-state index in [2.05, 4.69) is 15.9 Å². The SMILES string of the molecule is CC(C)(C)OC(=O)[C@]12C(=O)O[C@]3(C)C=C(Br)C(=O)[C@H]1[C@H]23. The highest BCUT2D eigenvalue weighted by Gasteiger charge is 2.89. The van der Waals surface area contributed by atoms with Crippen molar-refractivity contribution < 1.29 is 23.9 Å². The third-order valence-corrected chi connectivity index (χ3v) is 4.76. The average Bonchev–Trinajstić information content (AvgIpc) is 2.90. The van der Waals surface area contributed by atoms with Gasteiger partial charge in [-0.3, -0.25) is 14.4 Å². The largest absolute Gasteiger partial charge is 0.459 e. The van der Waals surface area contributed by atoms with Gasteiger partial charge in [0.2, 0.25) is 0 Å². The number of carbonyl (C=O) groups is 3. The monoisotopic (exact) mass is 342 g/mol. The fourth-order valence-corrected chi connectivity index (χ4v) is 4.12. The molecule has 3 rings (SSSR count). The number of rotatable bonds is 1. The molecule has 2 fully saturated rings. The highest BCUT2D eigenvalue weighted by Crippen LogP contribution is 2.73. The third kappa shape index (κ3) is 1.46. The Morgan fingerprint density at radius 2 is 2.00 bits per heavy atom. The fraction of sp³-hybridized carbons (Fsp3) is 0.643. The summed E-state index contributed by atoms with van der Waals surface area (Å²) in [7, 11) is 0. The van der Waals surface area contributed by atoms with Gasteiger partial charge in [0.25, 0.3) is 0 Å². The van der Waals surface area contributed by atoms with Crippen molar-refractivity contribution in [1.29, 1.82) is 0 Å². The first-order valence-corrected chi connectivity index (χ1v) is 7.23. The number of fused-ring (bicyclic) bond motifs is 1. The van der Waals surface area contributed by atoms with Crippen molar-refractivity contribution in [2.75, 3.05) is 0 Å². The van der Waals surface area contributed by atoms with E-state index in [4.69, 9.17) is 9.47 Å². The number of esters is 2. The lowest BCUT2D eigenvalue weighted by molar-refractivity contribution is -0.172. The molecule has 0 aromatic carbocycles. The Balaban J connectivity index is 2.03. The van der Waals surface area contributed by atoms with Crippen molar-refractivity contribution in [2.45, 2.75) is 38.9 Å². The molecule has 5 nitrogen and oxygen atoms in total. The first-order chi connectivity index (χ1) is 9.04. The Hall–Kier alpha value is -1.17. The third-order valence-electron chi connectivity index (χ3n) is 4.14. The summed E-state index contributed by atoms with van der Waals surface area (Å²) in [6.45, 7) is 6.89. The molecule has 1 saturated carbocycles. The van der Waals surface area contributed by atoms with Crippen LogP contribution in [0.2, 0.25) is 0 Å². The lowest BCUT2D eigenvalue weighted by Crippen LogP contribution is -2.38. The standard InChI is InChI=1S/C14H15BrO5/c1-12(2,3)19-10(17)14-7-8(16)6(15)5-13(4,9(7)14)20-11(14)18/h5,7,9H,1-4H3/t7-,9-,13+,14-/m0/s1. The van der Waals surface area contributed by atoms with Crippen molar-refractivity contribution in [3.8, 4) is 0 Å². The molecular weight excluding hydrogens is 328 g/mol. The molecule has 1 heterocycles. The topological polar surface area (TPSA) is 69.7 Å². The van der Waals surface area contributed by atoms with Gasteiger partial charge in [0, 0.05) is 5.92 Å². The van der Waals surface area contributed by atoms with Crippen LogP contribution in [0.25, 0.3) is 0 Å². The van der Waals surface area contributed by atoms with Crippen LogP contribution < -0.4 is 0 Å². The van der Waals surface area contributed by atoms with E-state index in [9.17, 15) is 14.4 Å². The van der Waals surface area contributed by atoms with E-state index in [0.29, 0.717) is 4.48 Å². The minimum Gasteiger partial charge on any atom is -0.459 e. The summed E-state index contributed by atoms with van der Waals surface area (Å²) in [5.41, 5.74) is -3.08. The summed E-state index contributed by atoms with van der Waals surface area (Å²) in [6, 6.07) is 0. The molecule has 0 unspecified atom stereocenters. The van der Waals surface area contributed by atoms with Crippen LogP contribution >= 0.6 is 15.9 Å². The lowest BCUT2D eigenvalue weighted by Gasteiger charge is -2.27. The summed E-state index contributed by atoms with van der Waals surface area (Å²) in [5.74, 6) is -2.64. The Bertz CT molecular complexity index is 587. The van der Waals surface area contributed by atoms with E-state index in [0.717, 1.165) is 0 Å². The zero-order chi connectivity index (χ0) is 15.1. The second-order valence-electron chi connectivity index (χ2n) is 6.76. The van der Waals surface area contributed by atoms with Gasteiger partial charge in [0.05, 0.1) is 10.4 Å². The first kappa shape index (κ1) is 13.8. The molecule has 0 spiro atoms. The molecule has 2 aliphatic carbocycles. The maximum atomic E-state index is 12.5. The lowest BCUT2D eigenvalue weighted by atomic mass is 9.92. The molecule has 6 heteroatoms. The summed E-state index contributed by atoms with van der Waals surface area (Å²) in [6.07, 6.45) is 1.58. The Kier molecular flexibility index (Phi) is 2.43. The van der Waals surface area contributed by atoms with Crippen LogP contribution in [0.3, 0.4) is 0 Å². The number of Topliss-reactive ketones (excluding diaryl/α,β-unsaturated/α-hetero) is 1. The Morgan fingerprint density at radius 3 is 2.55 bits per heavy atom. The van der Waals surface area contributed by atoms with Crippen LogP contribution in [0.5, 0.6) is 0 Å². The maximum absolute atomic E-state index is 12.5. The van der Waals surface area contributed by atoms with Gasteiger partial charge in [-0.05, 0) is 49.7 Å². The van der Waals surface area contributed by atoms with E-state index in [1.165, 1.54) is 0 Å². The van der Waals surface area contributed by atoms with Gasteiger partial charge in [-0.15, -0.1) is 0 Å². The molecule has 1 aliphatic heterocycles. The highest BCUT2D eigenvalue weighted by atomic mass is 79.9. The zero-order valence-electron chi connectivity index (χ0n) is 11.7. The van der Waals surface area contributed by atoms with Crippen molar-refractivity contribution in [2.24, 2.45) is 17.3 Å². The molecule has 0 aromatic rings. The number of ketones is 1. The van der Waals surface area contributed by atoms with Gasteiger partial charge in [0.15, 0.2) is 11.2 Å². The van der Waals surface area contributed by atoms with E-state index < -0.39 is 40.4 Å². The van der Waals surface area contributed by atoms with Crippen LogP contribution in [0.1, 0.15) is 27.7 Å². The van der Waals surface area contributed by atoms with Crippen LogP contribution in [-0.4, -0.2) is 28.9 Å². The molecule has 4 atom stereocenters. The second kappa shape index (κ2) is 3.53. The van der Waals surface area contributed by atoms with E-state index in [1.807, 2.05) is 0 Å². The van der Waals surface area contributed by atoms with Gasteiger partial charge >= 0.3 is 11.9 Å². The number of hydrogen-bond donors (Lipinski definition) is 0. The number of halogens is 1. The Labute approximate surface area is 124 Å². The molecule has 20 heavy (non-hydrogen) atoms. The van der Waals surface area contributed by atoms with Crippen molar-refractivity contribution in [3.63, 3.8) is 0 Å². The number of hydrogen-bond acceptors (Lipinski definition) is 5. The summed E-state index contributed by atoms with van der Waals surface area (Å²) < 4.78 is 11.0. The van der Waals surface area contributed by atoms with Gasteiger partial charge in [-0.1, -0.05) is 0 Å². The molecule has 3 aliphatic rings. The van der Waals surface area contributed by atoms with Gasteiger partial charge < -0.3 is 9.47 Å². The predicted molar refractivity (Wildman–Crippen MR) is 71.8 cm³/mol. The minimum absolute atomic E-state index is 0.227. The first-order valence-electron chi connectivity index (χ1n) is 6.43. The summed E-state index contributed by atoms with van der Waals surface area (Å²) >= 11 is 3.18. The molecule has 0 amide bonds. The fourth-order valence-electron chi connectivity index (χ4n) is 3.42. The zero-order valence-corrected chi connectivity index (χ0v) is 13.2. The second-order valence-corrected chi connectivity index (χ2v) is 7.61. The Morgan fingerprint density at radius 1 is 1.40 bits per heavy atom. The van der Waals surface area contributed by atoms with Crippen LogP contribution in [0, 0.1) is 17.3 Å². The highest BCUT2D eigenvalue weighted by molar-refractivity contribution is 9.12. The molecule has 108 valence electrons. The molecule has 0 radical (unpaired) electrons. The van der Waals surface area contributed by atoms with Gasteiger partial charge in [0.1, 0.15) is 11.2 Å². The molecule has 0 aromatic heterocycles.